The molecule has 0 unspecified atom stereocenters. The molecule has 2 aromatic carbocycles. The molecule has 0 aliphatic rings. The summed E-state index contributed by atoms with van der Waals surface area (Å²) in [6.45, 7) is 0. The molecule has 19 heavy (non-hydrogen) atoms. The van der Waals surface area contributed by atoms with Crippen molar-refractivity contribution >= 4 is 16.6 Å². The molecule has 4 nitrogen and oxygen atoms in total. The van der Waals surface area contributed by atoms with Crippen LogP contribution in [0.2, 0.25) is 0 Å². The van der Waals surface area contributed by atoms with Gasteiger partial charge < -0.3 is 0 Å². The van der Waals surface area contributed by atoms with Crippen LogP contribution < -0.4 is 0 Å². The number of hydrogen-bond donors (Lipinski definition) is 0. The molecule has 0 spiro atoms. The van der Waals surface area contributed by atoms with Crippen LogP contribution in [0.1, 0.15) is 0 Å². The van der Waals surface area contributed by atoms with Gasteiger partial charge in [0, 0.05) is 18.0 Å². The van der Waals surface area contributed by atoms with Crippen LogP contribution in [0.25, 0.3) is 27.7 Å². The number of fused-ring (bicyclic) bond motifs is 2. The third-order valence-electron chi connectivity index (χ3n) is 3.24. The van der Waals surface area contributed by atoms with E-state index in [2.05, 4.69) is 45.4 Å². The Kier molecular flexibility index (Phi) is 2.08. The summed E-state index contributed by atoms with van der Waals surface area (Å²) >= 11 is 0. The topological polar surface area (TPSA) is 43.1 Å². The van der Waals surface area contributed by atoms with Gasteiger partial charge in [-0.05, 0) is 16.3 Å². The van der Waals surface area contributed by atoms with Gasteiger partial charge in [-0.15, -0.1) is 0 Å². The first kappa shape index (κ1) is 10.2. The summed E-state index contributed by atoms with van der Waals surface area (Å²) < 4.78 is 1.69. The zero-order valence-electron chi connectivity index (χ0n) is 10.1. The summed E-state index contributed by atoms with van der Waals surface area (Å²) in [5.74, 6) is 0.615. The Labute approximate surface area is 109 Å². The predicted molar refractivity (Wildman–Crippen MR) is 73.7 cm³/mol. The van der Waals surface area contributed by atoms with E-state index in [1.165, 1.54) is 17.1 Å². The molecule has 0 aliphatic heterocycles. The Morgan fingerprint density at radius 2 is 1.79 bits per heavy atom. The summed E-state index contributed by atoms with van der Waals surface area (Å²) in [4.78, 5) is 8.37. The van der Waals surface area contributed by atoms with Crippen LogP contribution >= 0.6 is 0 Å². The minimum absolute atomic E-state index is 0.615. The fourth-order valence-electron chi connectivity index (χ4n) is 2.34. The average molecular weight is 246 g/mol. The SMILES string of the molecule is c1ccc2c(-c3cnc4ncnn4c3)cccc2c1. The van der Waals surface area contributed by atoms with Crippen LogP contribution in [0.15, 0.2) is 61.2 Å². The zero-order chi connectivity index (χ0) is 12.7. The first-order valence-electron chi connectivity index (χ1n) is 6.05. The van der Waals surface area contributed by atoms with E-state index in [0.717, 1.165) is 11.1 Å². The molecule has 0 saturated carbocycles. The highest BCUT2D eigenvalue weighted by molar-refractivity contribution is 5.96. The second-order valence-corrected chi connectivity index (χ2v) is 4.37. The van der Waals surface area contributed by atoms with Crippen molar-refractivity contribution in [3.63, 3.8) is 0 Å². The number of aromatic nitrogens is 4. The molecule has 0 radical (unpaired) electrons. The van der Waals surface area contributed by atoms with E-state index >= 15 is 0 Å². The van der Waals surface area contributed by atoms with E-state index in [0.29, 0.717) is 5.78 Å². The molecular formula is C15H10N4. The van der Waals surface area contributed by atoms with Gasteiger partial charge in [0.1, 0.15) is 6.33 Å². The fraction of sp³-hybridized carbons (Fsp3) is 0. The van der Waals surface area contributed by atoms with Crippen LogP contribution in [0.4, 0.5) is 0 Å². The van der Waals surface area contributed by atoms with Crippen LogP contribution in [0, 0.1) is 0 Å². The lowest BCUT2D eigenvalue weighted by molar-refractivity contribution is 0.941. The third kappa shape index (κ3) is 1.57. The highest BCUT2D eigenvalue weighted by Gasteiger charge is 2.05. The maximum Gasteiger partial charge on any atom is 0.252 e. The molecule has 0 bridgehead atoms. The van der Waals surface area contributed by atoms with E-state index in [-0.39, 0.29) is 0 Å². The van der Waals surface area contributed by atoms with Gasteiger partial charge in [0.2, 0.25) is 0 Å². The second kappa shape index (κ2) is 3.88. The number of nitrogens with zero attached hydrogens (tertiary/aromatic N) is 4. The smallest absolute Gasteiger partial charge is 0.219 e. The summed E-state index contributed by atoms with van der Waals surface area (Å²) in [6.07, 6.45) is 5.30. The molecule has 0 amide bonds. The summed E-state index contributed by atoms with van der Waals surface area (Å²) in [6, 6.07) is 14.6. The van der Waals surface area contributed by atoms with Gasteiger partial charge in [0.05, 0.1) is 0 Å². The highest BCUT2D eigenvalue weighted by Crippen LogP contribution is 2.27. The van der Waals surface area contributed by atoms with Gasteiger partial charge in [0.25, 0.3) is 5.78 Å². The average Bonchev–Trinajstić information content (AvgIpc) is 2.94. The molecule has 0 aliphatic carbocycles. The Morgan fingerprint density at radius 3 is 2.79 bits per heavy atom. The van der Waals surface area contributed by atoms with Crippen LogP contribution in [-0.2, 0) is 0 Å². The van der Waals surface area contributed by atoms with Gasteiger partial charge in [-0.3, -0.25) is 0 Å². The molecule has 2 aromatic heterocycles. The molecule has 0 atom stereocenters. The number of rotatable bonds is 1. The van der Waals surface area contributed by atoms with Crippen molar-refractivity contribution in [1.29, 1.82) is 0 Å². The Morgan fingerprint density at radius 1 is 0.895 bits per heavy atom. The van der Waals surface area contributed by atoms with Gasteiger partial charge in [-0.1, -0.05) is 42.5 Å². The number of hydrogen-bond acceptors (Lipinski definition) is 3. The summed E-state index contributed by atoms with van der Waals surface area (Å²) in [7, 11) is 0. The van der Waals surface area contributed by atoms with Crippen LogP contribution in [0.5, 0.6) is 0 Å². The lowest BCUT2D eigenvalue weighted by Crippen LogP contribution is -1.92. The Balaban J connectivity index is 2.03. The molecule has 2 heterocycles. The van der Waals surface area contributed by atoms with Gasteiger partial charge in [0.15, 0.2) is 0 Å². The minimum atomic E-state index is 0.615. The van der Waals surface area contributed by atoms with E-state index in [4.69, 9.17) is 0 Å². The van der Waals surface area contributed by atoms with Crippen molar-refractivity contribution in [3.8, 4) is 11.1 Å². The van der Waals surface area contributed by atoms with Crippen molar-refractivity contribution in [2.45, 2.75) is 0 Å². The molecule has 4 rings (SSSR count). The zero-order valence-corrected chi connectivity index (χ0v) is 10.1. The first-order chi connectivity index (χ1) is 9.42. The third-order valence-corrected chi connectivity index (χ3v) is 3.24. The predicted octanol–water partition coefficient (Wildman–Crippen LogP) is 2.94. The fourth-order valence-corrected chi connectivity index (χ4v) is 2.34. The van der Waals surface area contributed by atoms with Crippen molar-refractivity contribution in [1.82, 2.24) is 19.6 Å². The van der Waals surface area contributed by atoms with E-state index in [1.54, 1.807) is 4.52 Å². The highest BCUT2D eigenvalue weighted by atomic mass is 15.3. The van der Waals surface area contributed by atoms with Gasteiger partial charge in [-0.25, -0.2) is 9.50 Å². The standard InChI is InChI=1S/C15H10N4/c1-2-6-13-11(4-1)5-3-7-14(13)12-8-16-15-17-10-18-19(15)9-12/h1-10H. The number of benzene rings is 2. The molecule has 90 valence electrons. The van der Waals surface area contributed by atoms with Gasteiger partial charge >= 0.3 is 0 Å². The lowest BCUT2D eigenvalue weighted by Gasteiger charge is -2.06. The van der Waals surface area contributed by atoms with Crippen molar-refractivity contribution in [2.24, 2.45) is 0 Å². The molecule has 4 aromatic rings. The first-order valence-corrected chi connectivity index (χ1v) is 6.05. The summed E-state index contributed by atoms with van der Waals surface area (Å²) in [5.41, 5.74) is 2.19. The van der Waals surface area contributed by atoms with E-state index in [9.17, 15) is 0 Å². The molecular weight excluding hydrogens is 236 g/mol. The summed E-state index contributed by atoms with van der Waals surface area (Å²) in [5, 5.41) is 6.56. The van der Waals surface area contributed by atoms with Crippen molar-refractivity contribution in [3.05, 3.63) is 61.2 Å². The second-order valence-electron chi connectivity index (χ2n) is 4.37. The van der Waals surface area contributed by atoms with E-state index < -0.39 is 0 Å². The van der Waals surface area contributed by atoms with Crippen LogP contribution in [-0.4, -0.2) is 19.6 Å². The molecule has 0 saturated heterocycles. The maximum absolute atomic E-state index is 4.31. The largest absolute Gasteiger partial charge is 0.252 e. The van der Waals surface area contributed by atoms with E-state index in [1.807, 2.05) is 24.5 Å². The van der Waals surface area contributed by atoms with Crippen LogP contribution in [0.3, 0.4) is 0 Å². The molecule has 0 fully saturated rings. The normalized spacial score (nSPS) is 11.2. The maximum atomic E-state index is 4.31. The quantitative estimate of drug-likeness (QED) is 0.518. The van der Waals surface area contributed by atoms with Crippen molar-refractivity contribution < 1.29 is 0 Å². The van der Waals surface area contributed by atoms with Gasteiger partial charge in [-0.2, -0.15) is 10.1 Å². The lowest BCUT2D eigenvalue weighted by atomic mass is 10.0. The molecule has 4 heteroatoms. The minimum Gasteiger partial charge on any atom is -0.219 e. The Bertz CT molecular complexity index is 874. The Hall–Kier alpha value is -2.75. The van der Waals surface area contributed by atoms with Crippen molar-refractivity contribution in [2.75, 3.05) is 0 Å². The monoisotopic (exact) mass is 246 g/mol. The molecule has 0 N–H and O–H groups in total.